The summed E-state index contributed by atoms with van der Waals surface area (Å²) in [7, 11) is 0. The Balaban J connectivity index is 1.25. The van der Waals surface area contributed by atoms with Crippen LogP contribution in [-0.4, -0.2) is 4.57 Å². The highest BCUT2D eigenvalue weighted by atomic mass is 16.5. The summed E-state index contributed by atoms with van der Waals surface area (Å²) in [6.45, 7) is 0. The summed E-state index contributed by atoms with van der Waals surface area (Å²) in [6.07, 6.45) is 0. The summed E-state index contributed by atoms with van der Waals surface area (Å²) in [5, 5.41) is 7.43. The SMILES string of the molecule is c1ccc(-n2c3ccccc3c3c4ccccc4c(-c4ccccc4-c4ccc5c(c4)-c4cccc6cccc(c46)O5)cc32)cc1. The van der Waals surface area contributed by atoms with Crippen LogP contribution in [0.15, 0.2) is 164 Å². The van der Waals surface area contributed by atoms with Gasteiger partial charge in [-0.3, -0.25) is 0 Å². The second-order valence-corrected chi connectivity index (χ2v) is 12.1. The predicted molar refractivity (Wildman–Crippen MR) is 192 cm³/mol. The monoisotopic (exact) mass is 585 g/mol. The Morgan fingerprint density at radius 1 is 0.370 bits per heavy atom. The molecule has 2 nitrogen and oxygen atoms in total. The molecule has 0 fully saturated rings. The molecule has 46 heavy (non-hydrogen) atoms. The standard InChI is InChI=1S/C44H27NO/c1-2-14-30(15-3-1)45-39-22-9-8-20-36(39)44-34-19-7-6-18-33(34)37(27-40(44)45)32-17-5-4-16-31(32)29-24-25-41-38(26-29)35-21-10-12-28-13-11-23-42(46-41)43(28)35/h1-27H. The van der Waals surface area contributed by atoms with Crippen molar-refractivity contribution in [3.05, 3.63) is 164 Å². The third-order valence-electron chi connectivity index (χ3n) is 9.58. The van der Waals surface area contributed by atoms with Crippen molar-refractivity contribution in [2.75, 3.05) is 0 Å². The van der Waals surface area contributed by atoms with Crippen LogP contribution in [0.2, 0.25) is 0 Å². The van der Waals surface area contributed by atoms with Crippen molar-refractivity contribution < 1.29 is 4.74 Å². The first-order chi connectivity index (χ1) is 22.8. The molecule has 1 aliphatic rings. The molecule has 0 spiro atoms. The van der Waals surface area contributed by atoms with Crippen molar-refractivity contribution in [3.8, 4) is 50.6 Å². The molecule has 8 aromatic carbocycles. The van der Waals surface area contributed by atoms with E-state index >= 15 is 0 Å². The van der Waals surface area contributed by atoms with Crippen molar-refractivity contribution in [1.82, 2.24) is 4.57 Å². The van der Waals surface area contributed by atoms with E-state index in [9.17, 15) is 0 Å². The van der Waals surface area contributed by atoms with Gasteiger partial charge < -0.3 is 9.30 Å². The number of para-hydroxylation sites is 2. The Morgan fingerprint density at radius 3 is 1.93 bits per heavy atom. The number of hydrogen-bond donors (Lipinski definition) is 0. The molecule has 0 aliphatic carbocycles. The maximum absolute atomic E-state index is 6.44. The van der Waals surface area contributed by atoms with E-state index in [0.29, 0.717) is 0 Å². The maximum atomic E-state index is 6.44. The van der Waals surface area contributed by atoms with Crippen LogP contribution in [0, 0.1) is 0 Å². The molecule has 1 aliphatic heterocycles. The van der Waals surface area contributed by atoms with E-state index < -0.39 is 0 Å². The third-order valence-corrected chi connectivity index (χ3v) is 9.58. The van der Waals surface area contributed by atoms with Gasteiger partial charge in [0.05, 0.1) is 11.0 Å². The van der Waals surface area contributed by atoms with Crippen molar-refractivity contribution in [1.29, 1.82) is 0 Å². The van der Waals surface area contributed by atoms with Gasteiger partial charge in [-0.2, -0.15) is 0 Å². The Hall–Kier alpha value is -6.12. The zero-order chi connectivity index (χ0) is 30.2. The number of nitrogens with zero attached hydrogens (tertiary/aromatic N) is 1. The molecule has 0 saturated heterocycles. The number of rotatable bonds is 3. The van der Waals surface area contributed by atoms with Crippen molar-refractivity contribution in [3.63, 3.8) is 0 Å². The molecule has 1 aromatic heterocycles. The van der Waals surface area contributed by atoms with E-state index in [1.54, 1.807) is 0 Å². The predicted octanol–water partition coefficient (Wildman–Crippen LogP) is 12.2. The highest BCUT2D eigenvalue weighted by Gasteiger charge is 2.22. The lowest BCUT2D eigenvalue weighted by molar-refractivity contribution is 0.487. The number of aromatic nitrogens is 1. The van der Waals surface area contributed by atoms with E-state index in [4.69, 9.17) is 4.74 Å². The van der Waals surface area contributed by atoms with Crippen LogP contribution in [0.1, 0.15) is 0 Å². The first-order valence-electron chi connectivity index (χ1n) is 15.8. The van der Waals surface area contributed by atoms with Gasteiger partial charge in [-0.05, 0) is 86.4 Å². The smallest absolute Gasteiger partial charge is 0.135 e. The van der Waals surface area contributed by atoms with Crippen LogP contribution < -0.4 is 4.74 Å². The van der Waals surface area contributed by atoms with Crippen molar-refractivity contribution >= 4 is 43.4 Å². The number of hydrogen-bond acceptors (Lipinski definition) is 1. The Labute approximate surface area is 266 Å². The first kappa shape index (κ1) is 25.2. The van der Waals surface area contributed by atoms with Crippen LogP contribution in [0.3, 0.4) is 0 Å². The minimum Gasteiger partial charge on any atom is -0.456 e. The lowest BCUT2D eigenvalue weighted by atomic mass is 9.88. The van der Waals surface area contributed by atoms with E-state index in [1.165, 1.54) is 71.2 Å². The summed E-state index contributed by atoms with van der Waals surface area (Å²) >= 11 is 0. The summed E-state index contributed by atoms with van der Waals surface area (Å²) in [5.41, 5.74) is 10.7. The second kappa shape index (κ2) is 9.69. The largest absolute Gasteiger partial charge is 0.456 e. The van der Waals surface area contributed by atoms with E-state index in [0.717, 1.165) is 22.7 Å². The molecule has 9 aromatic rings. The summed E-state index contributed by atoms with van der Waals surface area (Å²) in [5.74, 6) is 1.81. The number of benzene rings is 8. The highest BCUT2D eigenvalue weighted by molar-refractivity contribution is 6.24. The van der Waals surface area contributed by atoms with Crippen LogP contribution in [0.4, 0.5) is 0 Å². The van der Waals surface area contributed by atoms with Crippen LogP contribution in [0.25, 0.3) is 82.4 Å². The third kappa shape index (κ3) is 3.59. The highest BCUT2D eigenvalue weighted by Crippen LogP contribution is 2.49. The van der Waals surface area contributed by atoms with Gasteiger partial charge in [-0.15, -0.1) is 0 Å². The molecule has 0 unspecified atom stereocenters. The van der Waals surface area contributed by atoms with Crippen molar-refractivity contribution in [2.45, 2.75) is 0 Å². The fourth-order valence-electron chi connectivity index (χ4n) is 7.61. The van der Waals surface area contributed by atoms with Gasteiger partial charge in [0, 0.05) is 27.4 Å². The van der Waals surface area contributed by atoms with Gasteiger partial charge >= 0.3 is 0 Å². The molecule has 0 amide bonds. The molecule has 10 rings (SSSR count). The van der Waals surface area contributed by atoms with Gasteiger partial charge in [0.2, 0.25) is 0 Å². The Bertz CT molecular complexity index is 2660. The summed E-state index contributed by atoms with van der Waals surface area (Å²) in [6, 6.07) is 59.0. The first-order valence-corrected chi connectivity index (χ1v) is 15.8. The van der Waals surface area contributed by atoms with Gasteiger partial charge in [-0.1, -0.05) is 121 Å². The molecule has 0 bridgehead atoms. The van der Waals surface area contributed by atoms with Crippen LogP contribution in [0.5, 0.6) is 11.5 Å². The lowest BCUT2D eigenvalue weighted by Gasteiger charge is -2.22. The molecule has 0 radical (unpaired) electrons. The molecule has 2 heteroatoms. The minimum atomic E-state index is 0.895. The lowest BCUT2D eigenvalue weighted by Crippen LogP contribution is -1.97. The minimum absolute atomic E-state index is 0.895. The van der Waals surface area contributed by atoms with Crippen LogP contribution >= 0.6 is 0 Å². The normalized spacial score (nSPS) is 12.1. The molecule has 214 valence electrons. The molecule has 0 atom stereocenters. The molecule has 0 saturated carbocycles. The fourth-order valence-corrected chi connectivity index (χ4v) is 7.61. The van der Waals surface area contributed by atoms with Gasteiger partial charge in [-0.25, -0.2) is 0 Å². The zero-order valence-electron chi connectivity index (χ0n) is 24.9. The average molecular weight is 586 g/mol. The molecular formula is C44H27NO. The number of ether oxygens (including phenoxy) is 1. The topological polar surface area (TPSA) is 14.2 Å². The Morgan fingerprint density at radius 2 is 1.07 bits per heavy atom. The van der Waals surface area contributed by atoms with Crippen molar-refractivity contribution in [2.24, 2.45) is 0 Å². The summed E-state index contributed by atoms with van der Waals surface area (Å²) < 4.78 is 8.86. The molecular weight excluding hydrogens is 558 g/mol. The fraction of sp³-hybridized carbons (Fsp3) is 0. The Kier molecular flexibility index (Phi) is 5.31. The number of fused-ring (bicyclic) bond motifs is 7. The molecule has 0 N–H and O–H groups in total. The quantitative estimate of drug-likeness (QED) is 0.201. The average Bonchev–Trinajstić information content (AvgIpc) is 3.46. The van der Waals surface area contributed by atoms with Gasteiger partial charge in [0.1, 0.15) is 11.5 Å². The van der Waals surface area contributed by atoms with Gasteiger partial charge in [0.15, 0.2) is 0 Å². The van der Waals surface area contributed by atoms with E-state index in [1.807, 2.05) is 0 Å². The van der Waals surface area contributed by atoms with E-state index in [-0.39, 0.29) is 0 Å². The summed E-state index contributed by atoms with van der Waals surface area (Å²) in [4.78, 5) is 0. The van der Waals surface area contributed by atoms with Gasteiger partial charge in [0.25, 0.3) is 0 Å². The van der Waals surface area contributed by atoms with Crippen LogP contribution in [-0.2, 0) is 0 Å². The zero-order valence-corrected chi connectivity index (χ0v) is 24.9. The second-order valence-electron chi connectivity index (χ2n) is 12.1. The van der Waals surface area contributed by atoms with E-state index in [2.05, 4.69) is 168 Å². The molecule has 2 heterocycles. The maximum Gasteiger partial charge on any atom is 0.135 e.